The molecule has 0 aliphatic carbocycles. The van der Waals surface area contributed by atoms with Crippen LogP contribution in [0.2, 0.25) is 0 Å². The topological polar surface area (TPSA) is 53.7 Å². The van der Waals surface area contributed by atoms with Crippen LogP contribution in [-0.4, -0.2) is 27.9 Å². The third kappa shape index (κ3) is 2.79. The second-order valence-corrected chi connectivity index (χ2v) is 3.40. The van der Waals surface area contributed by atoms with E-state index in [0.29, 0.717) is 6.54 Å². The van der Waals surface area contributed by atoms with Gasteiger partial charge in [-0.05, 0) is 19.4 Å². The first kappa shape index (κ1) is 12.6. The number of nitrogens with two attached hydrogens (primary N) is 1. The highest BCUT2D eigenvalue weighted by Gasteiger charge is 2.12. The summed E-state index contributed by atoms with van der Waals surface area (Å²) in [5, 5.41) is 0. The first-order valence-electron chi connectivity index (χ1n) is 5.25. The van der Waals surface area contributed by atoms with Crippen LogP contribution in [0.1, 0.15) is 12.0 Å². The Bertz CT molecular complexity index is 314. The molecule has 0 bridgehead atoms. The lowest BCUT2D eigenvalue weighted by molar-refractivity contribution is 0.368. The Balaban J connectivity index is 3.09. The molecule has 90 valence electrons. The molecule has 0 heterocycles. The van der Waals surface area contributed by atoms with Gasteiger partial charge >= 0.3 is 0 Å². The standard InChI is InChI=1S/C12H19NO3/c1-14-9-7-11(15-2)10(5-4-6-13)12(8-9)16-3/h7-8H,4-6,13H2,1-3H3. The van der Waals surface area contributed by atoms with Crippen LogP contribution >= 0.6 is 0 Å². The minimum absolute atomic E-state index is 0.651. The van der Waals surface area contributed by atoms with Gasteiger partial charge in [-0.1, -0.05) is 0 Å². The van der Waals surface area contributed by atoms with E-state index >= 15 is 0 Å². The van der Waals surface area contributed by atoms with Crippen LogP contribution < -0.4 is 19.9 Å². The molecule has 0 aromatic heterocycles. The Labute approximate surface area is 96.3 Å². The maximum absolute atomic E-state index is 5.51. The maximum Gasteiger partial charge on any atom is 0.129 e. The predicted molar refractivity (Wildman–Crippen MR) is 63.5 cm³/mol. The zero-order valence-corrected chi connectivity index (χ0v) is 10.1. The number of methoxy groups -OCH3 is 3. The van der Waals surface area contributed by atoms with Gasteiger partial charge in [0, 0.05) is 17.7 Å². The zero-order chi connectivity index (χ0) is 12.0. The molecule has 0 atom stereocenters. The molecule has 1 rings (SSSR count). The van der Waals surface area contributed by atoms with Crippen molar-refractivity contribution in [2.24, 2.45) is 5.73 Å². The van der Waals surface area contributed by atoms with Gasteiger partial charge in [0.05, 0.1) is 21.3 Å². The van der Waals surface area contributed by atoms with Crippen molar-refractivity contribution in [2.75, 3.05) is 27.9 Å². The molecule has 0 unspecified atom stereocenters. The summed E-state index contributed by atoms with van der Waals surface area (Å²) in [6.45, 7) is 0.651. The van der Waals surface area contributed by atoms with E-state index in [1.165, 1.54) is 0 Å². The molecule has 4 heteroatoms. The molecule has 0 aliphatic rings. The fraction of sp³-hybridized carbons (Fsp3) is 0.500. The van der Waals surface area contributed by atoms with Crippen molar-refractivity contribution in [2.45, 2.75) is 12.8 Å². The van der Waals surface area contributed by atoms with E-state index in [9.17, 15) is 0 Å². The summed E-state index contributed by atoms with van der Waals surface area (Å²) in [5.74, 6) is 2.29. The van der Waals surface area contributed by atoms with Crippen LogP contribution in [0.5, 0.6) is 17.2 Å². The monoisotopic (exact) mass is 225 g/mol. The Morgan fingerprint density at radius 3 is 1.94 bits per heavy atom. The molecule has 16 heavy (non-hydrogen) atoms. The molecule has 0 amide bonds. The summed E-state index contributed by atoms with van der Waals surface area (Å²) in [4.78, 5) is 0. The third-order valence-electron chi connectivity index (χ3n) is 2.45. The van der Waals surface area contributed by atoms with Crippen molar-refractivity contribution in [1.82, 2.24) is 0 Å². The molecule has 0 fully saturated rings. The average molecular weight is 225 g/mol. The quantitative estimate of drug-likeness (QED) is 0.799. The molecular formula is C12H19NO3. The summed E-state index contributed by atoms with van der Waals surface area (Å²) in [6.07, 6.45) is 1.74. The van der Waals surface area contributed by atoms with Crippen molar-refractivity contribution >= 4 is 0 Å². The van der Waals surface area contributed by atoms with E-state index in [1.54, 1.807) is 21.3 Å². The van der Waals surface area contributed by atoms with Gasteiger partial charge in [-0.15, -0.1) is 0 Å². The Morgan fingerprint density at radius 2 is 1.56 bits per heavy atom. The Kier molecular flexibility index (Phi) is 4.92. The normalized spacial score (nSPS) is 10.0. The van der Waals surface area contributed by atoms with Gasteiger partial charge in [0.15, 0.2) is 0 Å². The van der Waals surface area contributed by atoms with E-state index in [1.807, 2.05) is 12.1 Å². The lowest BCUT2D eigenvalue weighted by atomic mass is 10.1. The van der Waals surface area contributed by atoms with Crippen molar-refractivity contribution in [3.8, 4) is 17.2 Å². The molecule has 0 radical (unpaired) electrons. The van der Waals surface area contributed by atoms with E-state index in [-0.39, 0.29) is 0 Å². The summed E-state index contributed by atoms with van der Waals surface area (Å²) in [6, 6.07) is 3.71. The summed E-state index contributed by atoms with van der Waals surface area (Å²) >= 11 is 0. The number of benzene rings is 1. The molecule has 2 N–H and O–H groups in total. The Hall–Kier alpha value is -1.42. The van der Waals surface area contributed by atoms with Crippen LogP contribution in [0.25, 0.3) is 0 Å². The van der Waals surface area contributed by atoms with E-state index in [4.69, 9.17) is 19.9 Å². The molecule has 0 saturated carbocycles. The summed E-state index contributed by atoms with van der Waals surface area (Å²) in [7, 11) is 4.90. The van der Waals surface area contributed by atoms with Gasteiger partial charge in [-0.25, -0.2) is 0 Å². The number of hydrogen-bond donors (Lipinski definition) is 1. The molecule has 1 aromatic carbocycles. The van der Waals surface area contributed by atoms with E-state index < -0.39 is 0 Å². The maximum atomic E-state index is 5.51. The molecular weight excluding hydrogens is 206 g/mol. The zero-order valence-electron chi connectivity index (χ0n) is 10.1. The molecule has 0 aliphatic heterocycles. The highest BCUT2D eigenvalue weighted by Crippen LogP contribution is 2.34. The minimum atomic E-state index is 0.651. The Morgan fingerprint density at radius 1 is 1.00 bits per heavy atom. The smallest absolute Gasteiger partial charge is 0.129 e. The summed E-state index contributed by atoms with van der Waals surface area (Å²) in [5.41, 5.74) is 6.55. The van der Waals surface area contributed by atoms with Crippen molar-refractivity contribution in [1.29, 1.82) is 0 Å². The van der Waals surface area contributed by atoms with Gasteiger partial charge in [0.25, 0.3) is 0 Å². The van der Waals surface area contributed by atoms with E-state index in [2.05, 4.69) is 0 Å². The second kappa shape index (κ2) is 6.23. The van der Waals surface area contributed by atoms with Crippen molar-refractivity contribution in [3.05, 3.63) is 17.7 Å². The van der Waals surface area contributed by atoms with Crippen LogP contribution in [0.3, 0.4) is 0 Å². The number of hydrogen-bond acceptors (Lipinski definition) is 4. The SMILES string of the molecule is COc1cc(OC)c(CCCN)c(OC)c1. The minimum Gasteiger partial charge on any atom is -0.496 e. The summed E-state index contributed by atoms with van der Waals surface area (Å²) < 4.78 is 15.8. The largest absolute Gasteiger partial charge is 0.496 e. The van der Waals surface area contributed by atoms with Crippen molar-refractivity contribution < 1.29 is 14.2 Å². The highest BCUT2D eigenvalue weighted by molar-refractivity contribution is 5.50. The lowest BCUT2D eigenvalue weighted by Crippen LogP contribution is -2.03. The van der Waals surface area contributed by atoms with Gasteiger partial charge in [0.2, 0.25) is 0 Å². The second-order valence-electron chi connectivity index (χ2n) is 3.40. The van der Waals surface area contributed by atoms with Gasteiger partial charge in [-0.3, -0.25) is 0 Å². The van der Waals surface area contributed by atoms with Crippen LogP contribution in [0.4, 0.5) is 0 Å². The average Bonchev–Trinajstić information content (AvgIpc) is 2.35. The first-order chi connectivity index (χ1) is 7.76. The molecule has 0 saturated heterocycles. The van der Waals surface area contributed by atoms with Crippen LogP contribution in [0.15, 0.2) is 12.1 Å². The fourth-order valence-corrected chi connectivity index (χ4v) is 1.60. The van der Waals surface area contributed by atoms with Crippen LogP contribution in [-0.2, 0) is 6.42 Å². The highest BCUT2D eigenvalue weighted by atomic mass is 16.5. The first-order valence-corrected chi connectivity index (χ1v) is 5.25. The van der Waals surface area contributed by atoms with Gasteiger partial charge in [0.1, 0.15) is 17.2 Å². The molecule has 4 nitrogen and oxygen atoms in total. The fourth-order valence-electron chi connectivity index (χ4n) is 1.60. The number of rotatable bonds is 6. The number of ether oxygens (including phenoxy) is 3. The molecule has 1 aromatic rings. The van der Waals surface area contributed by atoms with Gasteiger partial charge in [-0.2, -0.15) is 0 Å². The predicted octanol–water partition coefficient (Wildman–Crippen LogP) is 1.60. The van der Waals surface area contributed by atoms with E-state index in [0.717, 1.165) is 35.7 Å². The van der Waals surface area contributed by atoms with Gasteiger partial charge < -0.3 is 19.9 Å². The van der Waals surface area contributed by atoms with Crippen LogP contribution in [0, 0.1) is 0 Å². The molecule has 0 spiro atoms. The lowest BCUT2D eigenvalue weighted by Gasteiger charge is -2.14. The van der Waals surface area contributed by atoms with Crippen molar-refractivity contribution in [3.63, 3.8) is 0 Å². The third-order valence-corrected chi connectivity index (χ3v) is 2.45.